The van der Waals surface area contributed by atoms with Gasteiger partial charge < -0.3 is 24.0 Å². The van der Waals surface area contributed by atoms with Gasteiger partial charge in [0.05, 0.1) is 32.9 Å². The first-order chi connectivity index (χ1) is 17.6. The number of piperidine rings is 1. The van der Waals surface area contributed by atoms with Crippen LogP contribution in [0.25, 0.3) is 11.3 Å². The fourth-order valence-corrected chi connectivity index (χ4v) is 5.16. The molecule has 2 aliphatic rings. The number of benzene rings is 2. The average Bonchev–Trinajstić information content (AvgIpc) is 2.95. The summed E-state index contributed by atoms with van der Waals surface area (Å²) in [5.74, 6) is 3.26. The third-order valence-corrected chi connectivity index (χ3v) is 7.16. The van der Waals surface area contributed by atoms with Crippen molar-refractivity contribution in [3.05, 3.63) is 59.9 Å². The molecule has 1 fully saturated rings. The van der Waals surface area contributed by atoms with Crippen molar-refractivity contribution in [3.8, 4) is 28.5 Å². The van der Waals surface area contributed by atoms with Crippen molar-refractivity contribution in [1.82, 2.24) is 14.9 Å². The summed E-state index contributed by atoms with van der Waals surface area (Å²) in [5.41, 5.74) is 4.20. The zero-order valence-corrected chi connectivity index (χ0v) is 21.1. The summed E-state index contributed by atoms with van der Waals surface area (Å²) < 4.78 is 16.2. The largest absolute Gasteiger partial charge is 0.497 e. The summed E-state index contributed by atoms with van der Waals surface area (Å²) >= 11 is 0. The number of fused-ring (bicyclic) bond motifs is 1. The van der Waals surface area contributed by atoms with Crippen molar-refractivity contribution in [1.29, 1.82) is 0 Å². The van der Waals surface area contributed by atoms with Crippen LogP contribution in [0.5, 0.6) is 17.2 Å². The Kier molecular flexibility index (Phi) is 6.93. The van der Waals surface area contributed by atoms with Crippen LogP contribution in [0.15, 0.2) is 48.8 Å². The van der Waals surface area contributed by atoms with E-state index in [2.05, 4.69) is 14.9 Å². The first kappa shape index (κ1) is 23.9. The van der Waals surface area contributed by atoms with E-state index in [9.17, 15) is 4.79 Å². The molecule has 3 aromatic rings. The van der Waals surface area contributed by atoms with Gasteiger partial charge in [-0.05, 0) is 66.8 Å². The Hall–Kier alpha value is -3.81. The zero-order chi connectivity index (χ0) is 25.1. The molecule has 1 atom stereocenters. The molecular weight excluding hydrogens is 456 g/mol. The van der Waals surface area contributed by atoms with E-state index in [-0.39, 0.29) is 11.8 Å². The molecule has 2 aromatic carbocycles. The minimum atomic E-state index is -0.0557. The number of amides is 1. The quantitative estimate of drug-likeness (QED) is 0.520. The van der Waals surface area contributed by atoms with Gasteiger partial charge in [-0.1, -0.05) is 0 Å². The van der Waals surface area contributed by atoms with Crippen LogP contribution in [-0.4, -0.2) is 61.7 Å². The van der Waals surface area contributed by atoms with Crippen LogP contribution in [0, 0.1) is 5.92 Å². The molecule has 0 N–H and O–H groups in total. The van der Waals surface area contributed by atoms with Crippen LogP contribution in [0.2, 0.25) is 0 Å². The molecule has 0 bridgehead atoms. The van der Waals surface area contributed by atoms with Gasteiger partial charge in [0, 0.05) is 37.8 Å². The number of nitrogens with zero attached hydrogens (tertiary/aromatic N) is 4. The van der Waals surface area contributed by atoms with Crippen LogP contribution in [0.4, 0.5) is 5.82 Å². The second kappa shape index (κ2) is 10.4. The van der Waals surface area contributed by atoms with Gasteiger partial charge in [0.2, 0.25) is 5.91 Å². The molecule has 8 heteroatoms. The van der Waals surface area contributed by atoms with Gasteiger partial charge in [0.1, 0.15) is 17.9 Å². The van der Waals surface area contributed by atoms with Gasteiger partial charge in [-0.15, -0.1) is 0 Å². The van der Waals surface area contributed by atoms with Crippen LogP contribution in [0.1, 0.15) is 24.0 Å². The van der Waals surface area contributed by atoms with E-state index in [1.807, 2.05) is 47.4 Å². The predicted molar refractivity (Wildman–Crippen MR) is 138 cm³/mol. The predicted octanol–water partition coefficient (Wildman–Crippen LogP) is 3.97. The maximum absolute atomic E-state index is 13.6. The number of carbonyl (C=O) groups excluding carboxylic acids is 1. The highest BCUT2D eigenvalue weighted by Crippen LogP contribution is 2.34. The Balaban J connectivity index is 1.29. The number of ether oxygens (including phenoxy) is 3. The van der Waals surface area contributed by atoms with E-state index < -0.39 is 0 Å². The molecule has 0 radical (unpaired) electrons. The summed E-state index contributed by atoms with van der Waals surface area (Å²) in [6.45, 7) is 2.85. The number of hydrogen-bond donors (Lipinski definition) is 0. The molecule has 1 unspecified atom stereocenters. The Labute approximate surface area is 211 Å². The second-order valence-electron chi connectivity index (χ2n) is 9.26. The van der Waals surface area contributed by atoms with E-state index in [0.29, 0.717) is 25.4 Å². The van der Waals surface area contributed by atoms with E-state index in [1.165, 1.54) is 5.56 Å². The topological polar surface area (TPSA) is 77.0 Å². The van der Waals surface area contributed by atoms with Crippen molar-refractivity contribution in [2.24, 2.45) is 5.92 Å². The van der Waals surface area contributed by atoms with E-state index in [1.54, 1.807) is 27.7 Å². The summed E-state index contributed by atoms with van der Waals surface area (Å²) in [6, 6.07) is 13.9. The molecular formula is C28H32N4O4. The maximum Gasteiger partial charge on any atom is 0.227 e. The number of anilines is 1. The van der Waals surface area contributed by atoms with Gasteiger partial charge in [0.25, 0.3) is 0 Å². The minimum absolute atomic E-state index is 0.0557. The summed E-state index contributed by atoms with van der Waals surface area (Å²) in [4.78, 5) is 26.8. The summed E-state index contributed by atoms with van der Waals surface area (Å²) in [7, 11) is 4.94. The van der Waals surface area contributed by atoms with Crippen molar-refractivity contribution >= 4 is 11.7 Å². The fourth-order valence-electron chi connectivity index (χ4n) is 5.16. The highest BCUT2D eigenvalue weighted by Gasteiger charge is 2.32. The number of aromatic nitrogens is 2. The maximum atomic E-state index is 13.6. The van der Waals surface area contributed by atoms with Crippen molar-refractivity contribution in [2.45, 2.75) is 25.8 Å². The van der Waals surface area contributed by atoms with Crippen LogP contribution < -0.4 is 19.1 Å². The van der Waals surface area contributed by atoms with Crippen LogP contribution in [-0.2, 0) is 17.8 Å². The smallest absolute Gasteiger partial charge is 0.227 e. The van der Waals surface area contributed by atoms with Gasteiger partial charge in [-0.3, -0.25) is 4.79 Å². The summed E-state index contributed by atoms with van der Waals surface area (Å²) in [6.07, 6.45) is 4.26. The van der Waals surface area contributed by atoms with Gasteiger partial charge in [0.15, 0.2) is 11.5 Å². The normalized spacial score (nSPS) is 17.4. The molecule has 3 heterocycles. The molecule has 36 heavy (non-hydrogen) atoms. The molecule has 0 spiro atoms. The van der Waals surface area contributed by atoms with Crippen LogP contribution in [0.3, 0.4) is 0 Å². The lowest BCUT2D eigenvalue weighted by molar-refractivity contribution is -0.136. The first-order valence-corrected chi connectivity index (χ1v) is 12.3. The van der Waals surface area contributed by atoms with Crippen molar-refractivity contribution in [2.75, 3.05) is 45.9 Å². The fraction of sp³-hybridized carbons (Fsp3) is 0.393. The van der Waals surface area contributed by atoms with Crippen molar-refractivity contribution in [3.63, 3.8) is 0 Å². The first-order valence-electron chi connectivity index (χ1n) is 12.3. The highest BCUT2D eigenvalue weighted by molar-refractivity contribution is 5.80. The molecule has 8 nitrogen and oxygen atoms in total. The van der Waals surface area contributed by atoms with Crippen LogP contribution >= 0.6 is 0 Å². The zero-order valence-electron chi connectivity index (χ0n) is 21.1. The number of carbonyl (C=O) groups is 1. The molecule has 2 aliphatic heterocycles. The van der Waals surface area contributed by atoms with Gasteiger partial charge in [-0.2, -0.15) is 0 Å². The molecule has 1 aromatic heterocycles. The molecule has 0 aliphatic carbocycles. The Morgan fingerprint density at radius 1 is 0.917 bits per heavy atom. The van der Waals surface area contributed by atoms with E-state index >= 15 is 0 Å². The molecule has 1 amide bonds. The van der Waals surface area contributed by atoms with E-state index in [4.69, 9.17) is 14.2 Å². The number of hydrogen-bond acceptors (Lipinski definition) is 7. The Bertz CT molecular complexity index is 1230. The van der Waals surface area contributed by atoms with Gasteiger partial charge >= 0.3 is 0 Å². The number of rotatable bonds is 6. The minimum Gasteiger partial charge on any atom is -0.497 e. The second-order valence-corrected chi connectivity index (χ2v) is 9.26. The Morgan fingerprint density at radius 2 is 1.67 bits per heavy atom. The monoisotopic (exact) mass is 488 g/mol. The highest BCUT2D eigenvalue weighted by atomic mass is 16.5. The third kappa shape index (κ3) is 4.80. The Morgan fingerprint density at radius 3 is 2.39 bits per heavy atom. The molecule has 1 saturated heterocycles. The molecule has 0 saturated carbocycles. The lowest BCUT2D eigenvalue weighted by atomic mass is 9.93. The number of methoxy groups -OCH3 is 3. The average molecular weight is 489 g/mol. The third-order valence-electron chi connectivity index (χ3n) is 7.16. The standard InChI is InChI=1S/C28H32N4O4/c1-34-23-8-6-19(7-9-23)24-15-27(30-18-29-24)31-11-4-5-21(16-31)28(33)32-12-10-20-13-25(35-2)26(36-3)14-22(20)17-32/h6-9,13-15,18,21H,4-5,10-12,16-17H2,1-3H3. The lowest BCUT2D eigenvalue weighted by Gasteiger charge is -2.37. The SMILES string of the molecule is COc1ccc(-c2cc(N3CCCC(C(=O)N4CCc5cc(OC)c(OC)cc5C4)C3)ncn2)cc1. The molecule has 188 valence electrons. The van der Waals surface area contributed by atoms with E-state index in [0.717, 1.165) is 59.9 Å². The molecule has 5 rings (SSSR count). The van der Waals surface area contributed by atoms with Crippen molar-refractivity contribution < 1.29 is 19.0 Å². The van der Waals surface area contributed by atoms with Gasteiger partial charge in [-0.25, -0.2) is 9.97 Å². The lowest BCUT2D eigenvalue weighted by Crippen LogP contribution is -2.46. The summed E-state index contributed by atoms with van der Waals surface area (Å²) in [5, 5.41) is 0.